The normalized spacial score (nSPS) is 10.2. The number of amides is 1. The maximum Gasteiger partial charge on any atom is 0.223 e. The molecule has 0 bridgehead atoms. The molecular formula is C12H14N4O. The predicted molar refractivity (Wildman–Crippen MR) is 64.6 cm³/mol. The van der Waals surface area contributed by atoms with Crippen LogP contribution in [0.3, 0.4) is 0 Å². The lowest BCUT2D eigenvalue weighted by Crippen LogP contribution is -2.32. The lowest BCUT2D eigenvalue weighted by molar-refractivity contribution is -0.118. The Morgan fingerprint density at radius 1 is 1.35 bits per heavy atom. The fourth-order valence-electron chi connectivity index (χ4n) is 1.61. The van der Waals surface area contributed by atoms with Gasteiger partial charge in [-0.3, -0.25) is 9.80 Å². The zero-order valence-corrected chi connectivity index (χ0v) is 9.36. The Morgan fingerprint density at radius 2 is 2.12 bits per heavy atom. The molecule has 1 heterocycles. The van der Waals surface area contributed by atoms with E-state index in [1.807, 2.05) is 41.1 Å². The largest absolute Gasteiger partial charge is 0.329 e. The molecule has 0 saturated heterocycles. The number of hydrogen-bond acceptors (Lipinski definition) is 3. The van der Waals surface area contributed by atoms with E-state index in [0.717, 1.165) is 16.4 Å². The van der Waals surface area contributed by atoms with Gasteiger partial charge in [0.2, 0.25) is 6.41 Å². The number of rotatable bonds is 5. The van der Waals surface area contributed by atoms with Gasteiger partial charge in [0.1, 0.15) is 5.82 Å². The van der Waals surface area contributed by atoms with Crippen molar-refractivity contribution in [1.82, 2.24) is 14.6 Å². The molecule has 0 saturated carbocycles. The highest BCUT2D eigenvalue weighted by Crippen LogP contribution is 2.16. The van der Waals surface area contributed by atoms with Crippen LogP contribution in [0, 0.1) is 0 Å². The van der Waals surface area contributed by atoms with Crippen LogP contribution >= 0.6 is 0 Å². The van der Waals surface area contributed by atoms with Crippen LogP contribution in [0.5, 0.6) is 0 Å². The Bertz CT molecular complexity index is 480. The number of nitrogens with two attached hydrogens (primary N) is 1. The van der Waals surface area contributed by atoms with E-state index in [-0.39, 0.29) is 0 Å². The van der Waals surface area contributed by atoms with Crippen molar-refractivity contribution < 1.29 is 4.79 Å². The van der Waals surface area contributed by atoms with Gasteiger partial charge in [0, 0.05) is 24.5 Å². The molecule has 0 unspecified atom stereocenters. The Labute approximate surface area is 99.5 Å². The second-order valence-electron chi connectivity index (χ2n) is 3.65. The number of carbonyl (C=O) groups excluding carboxylic acids is 1. The molecule has 0 atom stereocenters. The molecule has 0 spiro atoms. The smallest absolute Gasteiger partial charge is 0.223 e. The molecule has 5 nitrogen and oxygen atoms in total. The van der Waals surface area contributed by atoms with Crippen LogP contribution in [-0.2, 0) is 11.3 Å². The average molecular weight is 230 g/mol. The third kappa shape index (κ3) is 2.70. The number of aromatic nitrogens is 2. The minimum absolute atomic E-state index is 0.458. The van der Waals surface area contributed by atoms with Crippen molar-refractivity contribution in [2.45, 2.75) is 6.54 Å². The van der Waals surface area contributed by atoms with Gasteiger partial charge in [0.25, 0.3) is 0 Å². The minimum atomic E-state index is 0.458. The number of imidazole rings is 1. The summed E-state index contributed by atoms with van der Waals surface area (Å²) in [4.78, 5) is 14.7. The topological polar surface area (TPSA) is 64.2 Å². The van der Waals surface area contributed by atoms with E-state index in [4.69, 9.17) is 5.84 Å². The number of nitrogens with zero attached hydrogens (tertiary/aromatic N) is 3. The summed E-state index contributed by atoms with van der Waals surface area (Å²) in [7, 11) is 0. The van der Waals surface area contributed by atoms with Gasteiger partial charge in [-0.15, -0.1) is 0 Å². The molecule has 88 valence electrons. The summed E-state index contributed by atoms with van der Waals surface area (Å²) in [5.74, 6) is 6.29. The standard InChI is InChI=1S/C12H14N4O/c13-16(10-17)9-8-15-7-6-14-12(15)11-4-2-1-3-5-11/h1-7,10H,8-9,13H2. The summed E-state index contributed by atoms with van der Waals surface area (Å²) in [5.41, 5.74) is 1.05. The molecule has 2 aromatic rings. The quantitative estimate of drug-likeness (QED) is 0.359. The van der Waals surface area contributed by atoms with Gasteiger partial charge >= 0.3 is 0 Å². The van der Waals surface area contributed by atoms with Gasteiger partial charge in [0.05, 0.1) is 6.54 Å². The fourth-order valence-corrected chi connectivity index (χ4v) is 1.61. The van der Waals surface area contributed by atoms with Gasteiger partial charge in [-0.1, -0.05) is 30.3 Å². The summed E-state index contributed by atoms with van der Waals surface area (Å²) in [6.45, 7) is 1.08. The predicted octanol–water partition coefficient (Wildman–Crippen LogP) is 0.882. The van der Waals surface area contributed by atoms with Crippen LogP contribution in [0.1, 0.15) is 0 Å². The Kier molecular flexibility index (Phi) is 3.52. The van der Waals surface area contributed by atoms with Crippen molar-refractivity contribution in [3.05, 3.63) is 42.7 Å². The van der Waals surface area contributed by atoms with E-state index >= 15 is 0 Å². The average Bonchev–Trinajstić information content (AvgIpc) is 2.85. The lowest BCUT2D eigenvalue weighted by atomic mass is 10.2. The molecular weight excluding hydrogens is 216 g/mol. The van der Waals surface area contributed by atoms with Crippen LogP contribution in [0.4, 0.5) is 0 Å². The summed E-state index contributed by atoms with van der Waals surface area (Å²) in [6.07, 6.45) is 4.23. The first kappa shape index (κ1) is 11.3. The highest BCUT2D eigenvalue weighted by atomic mass is 16.1. The maximum absolute atomic E-state index is 10.4. The van der Waals surface area contributed by atoms with E-state index in [1.165, 1.54) is 0 Å². The third-order valence-electron chi connectivity index (χ3n) is 2.48. The van der Waals surface area contributed by atoms with Crippen LogP contribution < -0.4 is 5.84 Å². The molecule has 0 radical (unpaired) electrons. The van der Waals surface area contributed by atoms with Crippen molar-refractivity contribution in [2.24, 2.45) is 5.84 Å². The van der Waals surface area contributed by atoms with Crippen LogP contribution in [0.25, 0.3) is 11.4 Å². The van der Waals surface area contributed by atoms with Crippen LogP contribution in [-0.4, -0.2) is 27.5 Å². The maximum atomic E-state index is 10.4. The number of benzene rings is 1. The van der Waals surface area contributed by atoms with E-state index in [0.29, 0.717) is 19.5 Å². The zero-order valence-electron chi connectivity index (χ0n) is 9.36. The van der Waals surface area contributed by atoms with Crippen molar-refractivity contribution in [2.75, 3.05) is 6.54 Å². The Morgan fingerprint density at radius 3 is 2.82 bits per heavy atom. The SMILES string of the molecule is NN(C=O)CCn1ccnc1-c1ccccc1. The van der Waals surface area contributed by atoms with E-state index in [1.54, 1.807) is 6.20 Å². The zero-order chi connectivity index (χ0) is 12.1. The molecule has 1 aromatic carbocycles. The van der Waals surface area contributed by atoms with Gasteiger partial charge in [-0.25, -0.2) is 10.8 Å². The van der Waals surface area contributed by atoms with E-state index < -0.39 is 0 Å². The molecule has 17 heavy (non-hydrogen) atoms. The first-order valence-electron chi connectivity index (χ1n) is 5.34. The molecule has 0 aliphatic carbocycles. The Balaban J connectivity index is 2.15. The van der Waals surface area contributed by atoms with Crippen molar-refractivity contribution in [3.8, 4) is 11.4 Å². The van der Waals surface area contributed by atoms with Gasteiger partial charge in [-0.05, 0) is 0 Å². The minimum Gasteiger partial charge on any atom is -0.329 e. The summed E-state index contributed by atoms with van der Waals surface area (Å²) in [5, 5.41) is 1.12. The third-order valence-corrected chi connectivity index (χ3v) is 2.48. The van der Waals surface area contributed by atoms with Crippen LogP contribution in [0.15, 0.2) is 42.7 Å². The van der Waals surface area contributed by atoms with Crippen LogP contribution in [0.2, 0.25) is 0 Å². The molecule has 1 aromatic heterocycles. The Hall–Kier alpha value is -2.14. The van der Waals surface area contributed by atoms with Crippen molar-refractivity contribution in [1.29, 1.82) is 0 Å². The molecule has 2 N–H and O–H groups in total. The van der Waals surface area contributed by atoms with Gasteiger partial charge < -0.3 is 4.57 Å². The number of hydrazine groups is 1. The number of carbonyl (C=O) groups is 1. The van der Waals surface area contributed by atoms with Gasteiger partial charge in [0.15, 0.2) is 0 Å². The first-order chi connectivity index (χ1) is 8.31. The first-order valence-corrected chi connectivity index (χ1v) is 5.34. The molecule has 0 aliphatic rings. The highest BCUT2D eigenvalue weighted by Gasteiger charge is 2.05. The molecule has 1 amide bonds. The second kappa shape index (κ2) is 5.27. The van der Waals surface area contributed by atoms with Gasteiger partial charge in [-0.2, -0.15) is 0 Å². The second-order valence-corrected chi connectivity index (χ2v) is 3.65. The highest BCUT2D eigenvalue weighted by molar-refractivity contribution is 5.55. The van der Waals surface area contributed by atoms with Crippen molar-refractivity contribution >= 4 is 6.41 Å². The molecule has 2 rings (SSSR count). The molecule has 5 heteroatoms. The summed E-state index contributed by atoms with van der Waals surface area (Å²) >= 11 is 0. The monoisotopic (exact) mass is 230 g/mol. The van der Waals surface area contributed by atoms with Crippen molar-refractivity contribution in [3.63, 3.8) is 0 Å². The fraction of sp³-hybridized carbons (Fsp3) is 0.167. The van der Waals surface area contributed by atoms with E-state index in [9.17, 15) is 4.79 Å². The summed E-state index contributed by atoms with van der Waals surface area (Å²) < 4.78 is 1.97. The number of hydrogen-bond donors (Lipinski definition) is 1. The molecule has 0 fully saturated rings. The molecule has 0 aliphatic heterocycles. The lowest BCUT2D eigenvalue weighted by Gasteiger charge is -2.12. The summed E-state index contributed by atoms with van der Waals surface area (Å²) in [6, 6.07) is 9.90. The van der Waals surface area contributed by atoms with E-state index in [2.05, 4.69) is 4.98 Å².